The molecule has 210 valence electrons. The molecule has 6 nitrogen and oxygen atoms in total. The minimum Gasteiger partial charge on any atom is -0.416 e. The number of hydrogen-bond donors (Lipinski definition) is 0. The van der Waals surface area contributed by atoms with Crippen LogP contribution in [0.1, 0.15) is 0 Å². The van der Waals surface area contributed by atoms with Crippen molar-refractivity contribution in [3.05, 3.63) is 140 Å². The lowest BCUT2D eigenvalue weighted by molar-refractivity contribution is 0.584. The molecule has 0 radical (unpaired) electrons. The second kappa shape index (κ2) is 9.11. The molecule has 10 aromatic rings. The van der Waals surface area contributed by atoms with Crippen molar-refractivity contribution in [2.24, 2.45) is 0 Å². The van der Waals surface area contributed by atoms with Crippen molar-refractivity contribution in [3.8, 4) is 28.6 Å². The molecular formula is C39H23N5O. The third-order valence-corrected chi connectivity index (χ3v) is 8.87. The molecule has 0 atom stereocenters. The maximum Gasteiger partial charge on any atom is 0.248 e. The van der Waals surface area contributed by atoms with E-state index in [4.69, 9.17) is 9.40 Å². The standard InChI is InChI=1S/C39H23N5O/c1-2-10-24(11-3-1)38-41-42-39(45-38)25-18-20-26(21-19-25)43-33-16-8-6-13-28(33)31-23-36-30(22-35(31)43)27-12-4-5-14-29(27)37-40-32-15-7-9-17-34(32)44(36)37/h1-23H. The zero-order valence-corrected chi connectivity index (χ0v) is 23.9. The molecule has 0 saturated carbocycles. The minimum atomic E-state index is 0.497. The SMILES string of the molecule is c1ccc(-c2nnc(-c3ccc(-n4c5ccccc5c5cc6c(cc54)c4ccccc4c4nc5ccccc5n64)cc3)o2)cc1. The van der Waals surface area contributed by atoms with E-state index in [0.29, 0.717) is 11.8 Å². The number of nitrogens with zero attached hydrogens (tertiary/aromatic N) is 5. The third kappa shape index (κ3) is 3.48. The van der Waals surface area contributed by atoms with Crippen molar-refractivity contribution in [2.45, 2.75) is 0 Å². The van der Waals surface area contributed by atoms with Gasteiger partial charge < -0.3 is 8.98 Å². The highest BCUT2D eigenvalue weighted by Gasteiger charge is 2.19. The highest BCUT2D eigenvalue weighted by molar-refractivity contribution is 6.20. The van der Waals surface area contributed by atoms with Crippen molar-refractivity contribution in [3.63, 3.8) is 0 Å². The Morgan fingerprint density at radius 1 is 0.444 bits per heavy atom. The van der Waals surface area contributed by atoms with Crippen molar-refractivity contribution in [1.82, 2.24) is 24.1 Å². The first-order chi connectivity index (χ1) is 22.3. The van der Waals surface area contributed by atoms with Crippen molar-refractivity contribution >= 4 is 60.2 Å². The molecule has 6 heteroatoms. The summed E-state index contributed by atoms with van der Waals surface area (Å²) in [5.41, 5.74) is 9.37. The van der Waals surface area contributed by atoms with Gasteiger partial charge in [0.15, 0.2) is 0 Å². The molecule has 0 aliphatic rings. The molecule has 0 aliphatic heterocycles. The molecule has 0 N–H and O–H groups in total. The van der Waals surface area contributed by atoms with Crippen LogP contribution in [0, 0.1) is 0 Å². The van der Waals surface area contributed by atoms with E-state index in [-0.39, 0.29) is 0 Å². The molecule has 0 aliphatic carbocycles. The topological polar surface area (TPSA) is 61.2 Å². The molecule has 4 aromatic heterocycles. The number of fused-ring (bicyclic) bond motifs is 11. The largest absolute Gasteiger partial charge is 0.416 e. The Morgan fingerprint density at radius 2 is 1.04 bits per heavy atom. The molecular weight excluding hydrogens is 554 g/mol. The Hall–Kier alpha value is -6.27. The van der Waals surface area contributed by atoms with E-state index in [0.717, 1.165) is 55.4 Å². The van der Waals surface area contributed by atoms with Crippen LogP contribution in [0.5, 0.6) is 0 Å². The average molecular weight is 578 g/mol. The number of imidazole rings is 1. The Balaban J connectivity index is 1.22. The lowest BCUT2D eigenvalue weighted by Crippen LogP contribution is -1.95. The first kappa shape index (κ1) is 24.2. The summed E-state index contributed by atoms with van der Waals surface area (Å²) in [6, 6.07) is 48.5. The van der Waals surface area contributed by atoms with Gasteiger partial charge in [-0.25, -0.2) is 4.98 Å². The summed E-state index contributed by atoms with van der Waals surface area (Å²) in [4.78, 5) is 5.08. The molecule has 0 fully saturated rings. The van der Waals surface area contributed by atoms with Crippen molar-refractivity contribution < 1.29 is 4.42 Å². The average Bonchev–Trinajstić information content (AvgIpc) is 3.83. The van der Waals surface area contributed by atoms with Gasteiger partial charge in [-0.2, -0.15) is 0 Å². The van der Waals surface area contributed by atoms with E-state index in [2.05, 4.69) is 128 Å². The zero-order chi connectivity index (χ0) is 29.5. The number of pyridine rings is 1. The molecule has 4 heterocycles. The minimum absolute atomic E-state index is 0.497. The van der Waals surface area contributed by atoms with E-state index >= 15 is 0 Å². The second-order valence-corrected chi connectivity index (χ2v) is 11.4. The quantitative estimate of drug-likeness (QED) is 0.196. The number of hydrogen-bond acceptors (Lipinski definition) is 4. The summed E-state index contributed by atoms with van der Waals surface area (Å²) in [5.74, 6) is 1.01. The van der Waals surface area contributed by atoms with Gasteiger partial charge in [0.05, 0.1) is 27.6 Å². The fourth-order valence-electron chi connectivity index (χ4n) is 6.84. The monoisotopic (exact) mass is 577 g/mol. The Labute approximate surface area is 256 Å². The molecule has 10 rings (SSSR count). The van der Waals surface area contributed by atoms with E-state index in [1.807, 2.05) is 30.3 Å². The number of rotatable bonds is 3. The van der Waals surface area contributed by atoms with Crippen LogP contribution in [0.25, 0.3) is 88.8 Å². The third-order valence-electron chi connectivity index (χ3n) is 8.87. The Bertz CT molecular complexity index is 2750. The van der Waals surface area contributed by atoms with Crippen LogP contribution in [-0.2, 0) is 0 Å². The Morgan fingerprint density at radius 3 is 1.84 bits per heavy atom. The van der Waals surface area contributed by atoms with Crippen LogP contribution in [0.4, 0.5) is 0 Å². The van der Waals surface area contributed by atoms with Gasteiger partial charge in [-0.1, -0.05) is 72.8 Å². The lowest BCUT2D eigenvalue weighted by atomic mass is 10.0. The van der Waals surface area contributed by atoms with Gasteiger partial charge in [0.1, 0.15) is 5.65 Å². The molecule has 0 saturated heterocycles. The van der Waals surface area contributed by atoms with E-state index in [1.165, 1.54) is 21.5 Å². The summed E-state index contributed by atoms with van der Waals surface area (Å²) in [6.07, 6.45) is 0. The summed E-state index contributed by atoms with van der Waals surface area (Å²) in [6.45, 7) is 0. The fraction of sp³-hybridized carbons (Fsp3) is 0. The van der Waals surface area contributed by atoms with Crippen molar-refractivity contribution in [2.75, 3.05) is 0 Å². The maximum atomic E-state index is 6.04. The predicted octanol–water partition coefficient (Wildman–Crippen LogP) is 9.61. The first-order valence-corrected chi connectivity index (χ1v) is 15.0. The highest BCUT2D eigenvalue weighted by atomic mass is 16.4. The van der Waals surface area contributed by atoms with Crippen LogP contribution in [0.15, 0.2) is 144 Å². The summed E-state index contributed by atoms with van der Waals surface area (Å²) >= 11 is 0. The molecule has 0 amide bonds. The van der Waals surface area contributed by atoms with Crippen LogP contribution in [0.3, 0.4) is 0 Å². The molecule has 0 unspecified atom stereocenters. The van der Waals surface area contributed by atoms with Gasteiger partial charge in [-0.05, 0) is 72.1 Å². The van der Waals surface area contributed by atoms with E-state index in [9.17, 15) is 0 Å². The zero-order valence-electron chi connectivity index (χ0n) is 23.9. The summed E-state index contributed by atoms with van der Waals surface area (Å²) in [5, 5.41) is 14.5. The molecule has 6 aromatic carbocycles. The van der Waals surface area contributed by atoms with Crippen LogP contribution in [-0.4, -0.2) is 24.1 Å². The summed E-state index contributed by atoms with van der Waals surface area (Å²) < 4.78 is 10.7. The van der Waals surface area contributed by atoms with Gasteiger partial charge in [0.2, 0.25) is 11.8 Å². The van der Waals surface area contributed by atoms with E-state index in [1.54, 1.807) is 0 Å². The second-order valence-electron chi connectivity index (χ2n) is 11.4. The Kier molecular flexibility index (Phi) is 4.90. The predicted molar refractivity (Wildman–Crippen MR) is 181 cm³/mol. The van der Waals surface area contributed by atoms with Gasteiger partial charge in [-0.15, -0.1) is 10.2 Å². The van der Waals surface area contributed by atoms with Crippen LogP contribution in [0.2, 0.25) is 0 Å². The van der Waals surface area contributed by atoms with Gasteiger partial charge in [0.25, 0.3) is 0 Å². The van der Waals surface area contributed by atoms with Gasteiger partial charge >= 0.3 is 0 Å². The lowest BCUT2D eigenvalue weighted by Gasteiger charge is -2.12. The molecule has 0 spiro atoms. The van der Waals surface area contributed by atoms with Gasteiger partial charge in [0, 0.05) is 38.4 Å². The van der Waals surface area contributed by atoms with Gasteiger partial charge in [-0.3, -0.25) is 4.40 Å². The van der Waals surface area contributed by atoms with Crippen molar-refractivity contribution in [1.29, 1.82) is 0 Å². The van der Waals surface area contributed by atoms with E-state index < -0.39 is 0 Å². The first-order valence-electron chi connectivity index (χ1n) is 15.0. The summed E-state index contributed by atoms with van der Waals surface area (Å²) in [7, 11) is 0. The molecule has 0 bridgehead atoms. The molecule has 45 heavy (non-hydrogen) atoms. The number of para-hydroxylation sites is 3. The van der Waals surface area contributed by atoms with Crippen LogP contribution < -0.4 is 0 Å². The highest BCUT2D eigenvalue weighted by Crippen LogP contribution is 2.39. The fourth-order valence-corrected chi connectivity index (χ4v) is 6.84. The normalized spacial score (nSPS) is 12.0. The number of benzene rings is 6. The smallest absolute Gasteiger partial charge is 0.248 e. The van der Waals surface area contributed by atoms with Crippen LogP contribution >= 0.6 is 0 Å². The number of aromatic nitrogens is 5. The maximum absolute atomic E-state index is 6.04.